The van der Waals surface area contributed by atoms with Gasteiger partial charge < -0.3 is 10.7 Å². The molecular weight excluding hydrogens is 402 g/mol. The van der Waals surface area contributed by atoms with Gasteiger partial charge in [0, 0.05) is 0 Å². The third-order valence-electron chi connectivity index (χ3n) is 3.63. The Kier molecular flexibility index (Phi) is 4.19. The lowest BCUT2D eigenvalue weighted by molar-refractivity contribution is 0.478. The molecule has 1 heterocycles. The second kappa shape index (κ2) is 6.02. The average Bonchev–Trinajstić information content (AvgIpc) is 2.54. The number of rotatable bonds is 3. The fraction of sp³-hybridized carbons (Fsp3) is 0. The molecule has 27 heavy (non-hydrogen) atoms. The summed E-state index contributed by atoms with van der Waals surface area (Å²) in [5, 5.41) is 0. The van der Waals surface area contributed by atoms with Crippen LogP contribution in [0.5, 0.6) is 0 Å². The van der Waals surface area contributed by atoms with Crippen molar-refractivity contribution in [1.29, 1.82) is 0 Å². The third-order valence-corrected chi connectivity index (χ3v) is 5.38. The summed E-state index contributed by atoms with van der Waals surface area (Å²) in [6, 6.07) is 5.70. The van der Waals surface area contributed by atoms with Gasteiger partial charge in [0.05, 0.1) is 27.3 Å². The molecule has 0 aliphatic rings. The van der Waals surface area contributed by atoms with Gasteiger partial charge in [0.25, 0.3) is 20.2 Å². The van der Waals surface area contributed by atoms with Crippen LogP contribution in [0.2, 0.25) is 0 Å². The lowest BCUT2D eigenvalue weighted by atomic mass is 10.2. The molecule has 3 rings (SSSR count). The molecule has 0 spiro atoms. The Morgan fingerprint density at radius 3 is 2.19 bits per heavy atom. The molecule has 1 radical (unpaired) electrons. The maximum atomic E-state index is 12.4. The fourth-order valence-corrected chi connectivity index (χ4v) is 3.65. The van der Waals surface area contributed by atoms with E-state index in [0.717, 1.165) is 6.07 Å². The van der Waals surface area contributed by atoms with Crippen molar-refractivity contribution in [2.24, 2.45) is 0 Å². The van der Waals surface area contributed by atoms with Crippen molar-refractivity contribution in [2.75, 3.05) is 0 Å². The van der Waals surface area contributed by atoms with E-state index >= 15 is 0 Å². The van der Waals surface area contributed by atoms with E-state index in [-0.39, 0.29) is 16.7 Å². The van der Waals surface area contributed by atoms with Crippen LogP contribution >= 0.6 is 0 Å². The first kappa shape index (κ1) is 18.8. The smallest absolute Gasteiger partial charge is 0.316 e. The Morgan fingerprint density at radius 2 is 1.59 bits per heavy atom. The first-order valence-corrected chi connectivity index (χ1v) is 9.88. The van der Waals surface area contributed by atoms with Crippen LogP contribution in [-0.4, -0.2) is 35.5 Å². The molecule has 11 nitrogen and oxygen atoms in total. The van der Waals surface area contributed by atoms with Crippen LogP contribution in [0.1, 0.15) is 0 Å². The number of aromatic amines is 1. The standard InChI is InChI=1S/C14H10N3O8S2/c15-7-1-3-9-10(5-7)17(14(19)13(18)16-9)11-6-8(26(20,21)22)2-4-12(11)27(23,24)25/h1-6,15H,(H,16,18)(H,20,21,22)(H,23,24,25). The maximum absolute atomic E-state index is 12.4. The zero-order valence-electron chi connectivity index (χ0n) is 13.1. The number of benzene rings is 2. The second-order valence-electron chi connectivity index (χ2n) is 5.41. The summed E-state index contributed by atoms with van der Waals surface area (Å²) in [7, 11) is -9.74. The topological polar surface area (TPSA) is 187 Å². The molecular formula is C14H10N3O8S2. The van der Waals surface area contributed by atoms with Crippen molar-refractivity contribution in [3.63, 3.8) is 0 Å². The predicted octanol–water partition coefficient (Wildman–Crippen LogP) is 0.0868. The zero-order chi connectivity index (χ0) is 20.1. The van der Waals surface area contributed by atoms with Gasteiger partial charge >= 0.3 is 11.1 Å². The van der Waals surface area contributed by atoms with Crippen molar-refractivity contribution < 1.29 is 25.9 Å². The number of fused-ring (bicyclic) bond motifs is 1. The number of hydrogen-bond donors (Lipinski definition) is 3. The minimum atomic E-state index is -4.95. The van der Waals surface area contributed by atoms with E-state index in [4.69, 9.17) is 5.73 Å². The molecule has 13 heteroatoms. The summed E-state index contributed by atoms with van der Waals surface area (Å²) in [5.74, 6) is 0. The van der Waals surface area contributed by atoms with E-state index < -0.39 is 46.8 Å². The van der Waals surface area contributed by atoms with Gasteiger partial charge in [-0.15, -0.1) is 0 Å². The van der Waals surface area contributed by atoms with Crippen LogP contribution in [0.25, 0.3) is 16.7 Å². The molecule has 141 valence electrons. The lowest BCUT2D eigenvalue weighted by Gasteiger charge is -2.14. The summed E-state index contributed by atoms with van der Waals surface area (Å²) in [6.07, 6.45) is 0. The highest BCUT2D eigenvalue weighted by atomic mass is 32.2. The maximum Gasteiger partial charge on any atom is 0.321 e. The highest BCUT2D eigenvalue weighted by molar-refractivity contribution is 7.86. The van der Waals surface area contributed by atoms with E-state index in [2.05, 4.69) is 4.98 Å². The van der Waals surface area contributed by atoms with Crippen LogP contribution in [0, 0.1) is 0 Å². The molecule has 0 saturated heterocycles. The van der Waals surface area contributed by atoms with Crippen LogP contribution < -0.4 is 16.9 Å². The van der Waals surface area contributed by atoms with Gasteiger partial charge in [-0.2, -0.15) is 16.8 Å². The van der Waals surface area contributed by atoms with Gasteiger partial charge in [0.15, 0.2) is 0 Å². The predicted molar refractivity (Wildman–Crippen MR) is 92.6 cm³/mol. The highest BCUT2D eigenvalue weighted by Gasteiger charge is 2.23. The van der Waals surface area contributed by atoms with Crippen LogP contribution in [0.3, 0.4) is 0 Å². The van der Waals surface area contributed by atoms with Gasteiger partial charge in [-0.3, -0.25) is 23.3 Å². The molecule has 0 aliphatic carbocycles. The SMILES string of the molecule is [NH]c1ccc2[nH]c(=O)c(=O)n(-c3cc(S(=O)(=O)O)ccc3S(=O)(=O)O)c2c1. The molecule has 0 unspecified atom stereocenters. The van der Waals surface area contributed by atoms with Crippen LogP contribution in [0.4, 0.5) is 5.69 Å². The molecule has 1 aromatic heterocycles. The Morgan fingerprint density at radius 1 is 0.926 bits per heavy atom. The van der Waals surface area contributed by atoms with Crippen LogP contribution in [-0.2, 0) is 20.2 Å². The Hall–Kier alpha value is -3.00. The second-order valence-corrected chi connectivity index (χ2v) is 8.22. The van der Waals surface area contributed by atoms with E-state index in [1.54, 1.807) is 0 Å². The minimum Gasteiger partial charge on any atom is -0.316 e. The monoisotopic (exact) mass is 412 g/mol. The van der Waals surface area contributed by atoms with Gasteiger partial charge in [-0.05, 0) is 36.4 Å². The van der Waals surface area contributed by atoms with Gasteiger partial charge in [0.1, 0.15) is 4.90 Å². The fourth-order valence-electron chi connectivity index (χ4n) is 2.50. The molecule has 0 bridgehead atoms. The van der Waals surface area contributed by atoms with Crippen molar-refractivity contribution in [3.8, 4) is 5.69 Å². The van der Waals surface area contributed by atoms with E-state index in [1.807, 2.05) is 0 Å². The summed E-state index contributed by atoms with van der Waals surface area (Å²) in [6.45, 7) is 0. The highest BCUT2D eigenvalue weighted by Crippen LogP contribution is 2.26. The number of aromatic nitrogens is 2. The molecule has 0 aliphatic heterocycles. The minimum absolute atomic E-state index is 0.0501. The molecule has 0 fully saturated rings. The first-order valence-electron chi connectivity index (χ1n) is 7.00. The number of hydrogen-bond acceptors (Lipinski definition) is 6. The normalized spacial score (nSPS) is 12.4. The number of nitrogens with one attached hydrogen (secondary N) is 2. The average molecular weight is 412 g/mol. The third kappa shape index (κ3) is 3.35. The quantitative estimate of drug-likeness (QED) is 0.398. The van der Waals surface area contributed by atoms with E-state index in [0.29, 0.717) is 22.8 Å². The van der Waals surface area contributed by atoms with Gasteiger partial charge in [0.2, 0.25) is 0 Å². The Balaban J connectivity index is 2.61. The van der Waals surface area contributed by atoms with Gasteiger partial charge in [-0.1, -0.05) is 0 Å². The molecule has 2 aromatic carbocycles. The molecule has 3 aromatic rings. The number of nitrogens with zero attached hydrogens (tertiary/aromatic N) is 1. The van der Waals surface area contributed by atoms with Crippen LogP contribution in [0.15, 0.2) is 55.8 Å². The first-order chi connectivity index (χ1) is 12.4. The zero-order valence-corrected chi connectivity index (χ0v) is 14.7. The summed E-state index contributed by atoms with van der Waals surface area (Å²) < 4.78 is 65.4. The number of H-pyrrole nitrogens is 1. The molecule has 0 saturated carbocycles. The molecule has 0 amide bonds. The summed E-state index contributed by atoms with van der Waals surface area (Å²) >= 11 is 0. The van der Waals surface area contributed by atoms with Crippen molar-refractivity contribution >= 4 is 37.0 Å². The lowest BCUT2D eigenvalue weighted by Crippen LogP contribution is -2.36. The molecule has 0 atom stereocenters. The Labute approximate surface area is 151 Å². The molecule has 4 N–H and O–H groups in total. The van der Waals surface area contributed by atoms with Crippen molar-refractivity contribution in [2.45, 2.75) is 9.79 Å². The van der Waals surface area contributed by atoms with Gasteiger partial charge in [-0.25, -0.2) is 0 Å². The Bertz CT molecular complexity index is 1420. The largest absolute Gasteiger partial charge is 0.321 e. The summed E-state index contributed by atoms with van der Waals surface area (Å²) in [4.78, 5) is 24.9. The van der Waals surface area contributed by atoms with E-state index in [9.17, 15) is 35.5 Å². The van der Waals surface area contributed by atoms with Crippen molar-refractivity contribution in [3.05, 3.63) is 57.1 Å². The van der Waals surface area contributed by atoms with E-state index in [1.165, 1.54) is 12.1 Å². The van der Waals surface area contributed by atoms with Crippen molar-refractivity contribution in [1.82, 2.24) is 15.3 Å². The summed E-state index contributed by atoms with van der Waals surface area (Å²) in [5.41, 5.74) is 4.38.